The van der Waals surface area contributed by atoms with Crippen LogP contribution in [-0.4, -0.2) is 16.5 Å². The number of hydrogen-bond acceptors (Lipinski definition) is 1. The summed E-state index contributed by atoms with van der Waals surface area (Å²) in [5.74, 6) is 0.386. The number of likely N-dealkylation sites (N-methyl/N-ethyl adjacent to an activating group) is 1. The Labute approximate surface area is 329 Å². The summed E-state index contributed by atoms with van der Waals surface area (Å²) in [5, 5.41) is 2.61. The molecule has 56 heavy (non-hydrogen) atoms. The van der Waals surface area contributed by atoms with Gasteiger partial charge in [-0.1, -0.05) is 166 Å². The number of aryl methyl sites for hydroxylation is 1. The van der Waals surface area contributed by atoms with Crippen molar-refractivity contribution < 1.29 is 0 Å². The van der Waals surface area contributed by atoms with Crippen molar-refractivity contribution in [3.8, 4) is 22.3 Å². The van der Waals surface area contributed by atoms with Gasteiger partial charge in [-0.3, -0.25) is 0 Å². The van der Waals surface area contributed by atoms with Crippen molar-refractivity contribution >= 4 is 33.1 Å². The van der Waals surface area contributed by atoms with Crippen LogP contribution in [0, 0.1) is 0 Å². The SMILES string of the molecule is CN1C(c2ccccc2)=CC(c2ccc3c(c2)-c2ccccc2C3CCc2ccccc2)=CC1n1c2ccccc2c2ccc3c(c21)C(C)(C)c1ccccc1-3. The third kappa shape index (κ3) is 4.88. The highest BCUT2D eigenvalue weighted by atomic mass is 15.3. The molecule has 0 N–H and O–H groups in total. The van der Waals surface area contributed by atoms with E-state index in [2.05, 4.69) is 206 Å². The van der Waals surface area contributed by atoms with Crippen LogP contribution in [0.5, 0.6) is 0 Å². The molecule has 2 nitrogen and oxygen atoms in total. The number of rotatable bonds is 6. The van der Waals surface area contributed by atoms with Gasteiger partial charge in [-0.2, -0.15) is 0 Å². The zero-order chi connectivity index (χ0) is 37.5. The second kappa shape index (κ2) is 12.6. The molecule has 11 rings (SSSR count). The van der Waals surface area contributed by atoms with Crippen LogP contribution in [-0.2, 0) is 11.8 Å². The molecule has 0 bridgehead atoms. The molecule has 2 atom stereocenters. The Hall–Kier alpha value is -6.38. The molecule has 1 aromatic heterocycles. The van der Waals surface area contributed by atoms with Crippen LogP contribution in [0.4, 0.5) is 0 Å². The Balaban J connectivity index is 1.11. The van der Waals surface area contributed by atoms with Crippen molar-refractivity contribution in [1.29, 1.82) is 0 Å². The maximum absolute atomic E-state index is 2.65. The summed E-state index contributed by atoms with van der Waals surface area (Å²) in [6.07, 6.45) is 7.02. The van der Waals surface area contributed by atoms with Gasteiger partial charge in [0.25, 0.3) is 0 Å². The van der Waals surface area contributed by atoms with Crippen LogP contribution in [0.3, 0.4) is 0 Å². The van der Waals surface area contributed by atoms with Crippen LogP contribution >= 0.6 is 0 Å². The van der Waals surface area contributed by atoms with Crippen LogP contribution in [0.15, 0.2) is 176 Å². The van der Waals surface area contributed by atoms with Crippen molar-refractivity contribution in [3.05, 3.63) is 215 Å². The summed E-state index contributed by atoms with van der Waals surface area (Å²) in [5.41, 5.74) is 19.9. The molecule has 8 aromatic rings. The number of fused-ring (bicyclic) bond motifs is 10. The minimum Gasteiger partial charge on any atom is -0.350 e. The first-order chi connectivity index (χ1) is 27.5. The Morgan fingerprint density at radius 1 is 0.571 bits per heavy atom. The summed E-state index contributed by atoms with van der Waals surface area (Å²) in [6.45, 7) is 4.82. The van der Waals surface area contributed by atoms with Gasteiger partial charge in [-0.15, -0.1) is 0 Å². The van der Waals surface area contributed by atoms with Gasteiger partial charge in [-0.05, 0) is 104 Å². The lowest BCUT2D eigenvalue weighted by molar-refractivity contribution is 0.331. The van der Waals surface area contributed by atoms with Gasteiger partial charge in [0.1, 0.15) is 6.17 Å². The van der Waals surface area contributed by atoms with E-state index < -0.39 is 0 Å². The molecule has 0 spiro atoms. The van der Waals surface area contributed by atoms with Crippen LogP contribution in [0.2, 0.25) is 0 Å². The molecule has 2 aliphatic carbocycles. The Kier molecular flexibility index (Phi) is 7.41. The van der Waals surface area contributed by atoms with E-state index in [1.807, 2.05) is 0 Å². The number of benzene rings is 7. The smallest absolute Gasteiger partial charge is 0.126 e. The second-order valence-corrected chi connectivity index (χ2v) is 16.5. The highest BCUT2D eigenvalue weighted by Gasteiger charge is 2.39. The quantitative estimate of drug-likeness (QED) is 0.166. The van der Waals surface area contributed by atoms with Crippen LogP contribution in [0.25, 0.3) is 55.3 Å². The molecule has 2 heterocycles. The lowest BCUT2D eigenvalue weighted by Crippen LogP contribution is -2.30. The predicted octanol–water partition coefficient (Wildman–Crippen LogP) is 13.4. The van der Waals surface area contributed by atoms with Crippen LogP contribution < -0.4 is 0 Å². The fourth-order valence-electron chi connectivity index (χ4n) is 10.4. The van der Waals surface area contributed by atoms with E-state index >= 15 is 0 Å². The van der Waals surface area contributed by atoms with Gasteiger partial charge in [0.2, 0.25) is 0 Å². The summed E-state index contributed by atoms with van der Waals surface area (Å²) >= 11 is 0. The lowest BCUT2D eigenvalue weighted by Gasteiger charge is -2.37. The third-order valence-electron chi connectivity index (χ3n) is 13.1. The number of nitrogens with zero attached hydrogens (tertiary/aromatic N) is 2. The maximum Gasteiger partial charge on any atom is 0.126 e. The van der Waals surface area contributed by atoms with Crippen molar-refractivity contribution in [1.82, 2.24) is 9.47 Å². The number of allylic oxidation sites excluding steroid dienone is 2. The van der Waals surface area contributed by atoms with E-state index in [-0.39, 0.29) is 11.6 Å². The first-order valence-corrected chi connectivity index (χ1v) is 20.1. The van der Waals surface area contributed by atoms with Crippen molar-refractivity contribution in [3.63, 3.8) is 0 Å². The first-order valence-electron chi connectivity index (χ1n) is 20.1. The van der Waals surface area contributed by atoms with Crippen molar-refractivity contribution in [2.75, 3.05) is 7.05 Å². The minimum atomic E-state index is -0.153. The molecule has 0 fully saturated rings. The molecule has 3 aliphatic rings. The van der Waals surface area contributed by atoms with E-state index in [1.54, 1.807) is 0 Å². The highest BCUT2D eigenvalue weighted by Crippen LogP contribution is 2.54. The average molecular weight is 721 g/mol. The zero-order valence-electron chi connectivity index (χ0n) is 32.2. The first kappa shape index (κ1) is 33.0. The standard InChI is InChI=1S/C54H44N2/c1-54(2)48-24-14-12-22-43(48)45-30-31-46-44-23-13-15-25-49(44)56(53(46)52(45)54)51-34-38(33-50(55(51)3)36-18-8-5-9-19-36)37-27-29-42-41(28-26-35-16-6-4-7-17-35)39-20-10-11-21-40(39)47(42)32-37/h4-25,27,29-34,41,51H,26,28H2,1-3H3. The third-order valence-corrected chi connectivity index (χ3v) is 13.1. The lowest BCUT2D eigenvalue weighted by atomic mass is 9.81. The van der Waals surface area contributed by atoms with Crippen LogP contribution in [0.1, 0.15) is 71.3 Å². The average Bonchev–Trinajstić information content (AvgIpc) is 3.83. The Morgan fingerprint density at radius 2 is 1.27 bits per heavy atom. The van der Waals surface area contributed by atoms with Gasteiger partial charge >= 0.3 is 0 Å². The fraction of sp³-hybridized carbons (Fsp3) is 0.148. The minimum absolute atomic E-state index is 0.0715. The largest absolute Gasteiger partial charge is 0.350 e. The summed E-state index contributed by atoms with van der Waals surface area (Å²) in [6, 6.07) is 61.0. The number of para-hydroxylation sites is 1. The van der Waals surface area contributed by atoms with Gasteiger partial charge in [0, 0.05) is 34.9 Å². The van der Waals surface area contributed by atoms with Crippen molar-refractivity contribution in [2.45, 2.75) is 44.2 Å². The Morgan fingerprint density at radius 3 is 2.11 bits per heavy atom. The highest BCUT2D eigenvalue weighted by molar-refractivity contribution is 6.12. The molecule has 7 aromatic carbocycles. The molecule has 1 aliphatic heterocycles. The molecule has 0 saturated heterocycles. The molecular weight excluding hydrogens is 677 g/mol. The van der Waals surface area contributed by atoms with E-state index in [9.17, 15) is 0 Å². The van der Waals surface area contributed by atoms with E-state index in [0.717, 1.165) is 12.8 Å². The van der Waals surface area contributed by atoms with E-state index in [4.69, 9.17) is 0 Å². The summed E-state index contributed by atoms with van der Waals surface area (Å²) in [4.78, 5) is 2.49. The van der Waals surface area contributed by atoms with Gasteiger partial charge in [-0.25, -0.2) is 0 Å². The van der Waals surface area contributed by atoms with Crippen molar-refractivity contribution in [2.24, 2.45) is 0 Å². The topological polar surface area (TPSA) is 8.17 Å². The molecule has 270 valence electrons. The van der Waals surface area contributed by atoms with E-state index in [0.29, 0.717) is 5.92 Å². The predicted molar refractivity (Wildman–Crippen MR) is 235 cm³/mol. The Bertz CT molecular complexity index is 2910. The number of aromatic nitrogens is 1. The molecule has 0 amide bonds. The second-order valence-electron chi connectivity index (χ2n) is 16.5. The number of hydrogen-bond donors (Lipinski definition) is 0. The maximum atomic E-state index is 2.65. The van der Waals surface area contributed by atoms with Gasteiger partial charge in [0.15, 0.2) is 0 Å². The molecular formula is C54H44N2. The van der Waals surface area contributed by atoms with Gasteiger partial charge in [0.05, 0.1) is 11.0 Å². The normalized spacial score (nSPS) is 17.7. The summed E-state index contributed by atoms with van der Waals surface area (Å²) < 4.78 is 2.65. The summed E-state index contributed by atoms with van der Waals surface area (Å²) in [7, 11) is 2.27. The molecule has 0 radical (unpaired) electrons. The fourth-order valence-corrected chi connectivity index (χ4v) is 10.4. The monoisotopic (exact) mass is 720 g/mol. The van der Waals surface area contributed by atoms with Gasteiger partial charge < -0.3 is 9.47 Å². The molecule has 2 heteroatoms. The van der Waals surface area contributed by atoms with E-state index in [1.165, 1.54) is 94.3 Å². The zero-order valence-corrected chi connectivity index (χ0v) is 32.2. The molecule has 0 saturated carbocycles. The molecule has 2 unspecified atom stereocenters.